The van der Waals surface area contributed by atoms with Crippen molar-refractivity contribution in [3.63, 3.8) is 0 Å². The summed E-state index contributed by atoms with van der Waals surface area (Å²) in [5.41, 5.74) is 15.6. The van der Waals surface area contributed by atoms with Crippen molar-refractivity contribution in [2.24, 2.45) is 0 Å². The average molecular weight is 995 g/mol. The molecule has 0 bridgehead atoms. The fraction of sp³-hybridized carbons (Fsp3) is 0.236. The Balaban J connectivity index is 0.000000236. The van der Waals surface area contributed by atoms with Crippen molar-refractivity contribution >= 4 is 46.2 Å². The Labute approximate surface area is 379 Å². The number of imidazole rings is 1. The summed E-state index contributed by atoms with van der Waals surface area (Å²) in [6.45, 7) is 16.0. The molecule has 0 aliphatic heterocycles. The van der Waals surface area contributed by atoms with Crippen LogP contribution in [0.3, 0.4) is 0 Å². The molecule has 1 aliphatic carbocycles. The number of fused-ring (bicyclic) bond motifs is 6. The molecule has 3 aromatic heterocycles. The molecule has 1 radical (unpaired) electrons. The van der Waals surface area contributed by atoms with Crippen LogP contribution in [0.25, 0.3) is 72.4 Å². The second-order valence-corrected chi connectivity index (χ2v) is 22.8. The minimum absolute atomic E-state index is 0. The Kier molecular flexibility index (Phi) is 11.1. The summed E-state index contributed by atoms with van der Waals surface area (Å²) in [4.78, 5) is 9.70. The van der Waals surface area contributed by atoms with Crippen LogP contribution in [0.1, 0.15) is 78.7 Å². The second kappa shape index (κ2) is 17.5. The Morgan fingerprint density at radius 2 is 1.48 bits per heavy atom. The van der Waals surface area contributed by atoms with Crippen LogP contribution in [0.4, 0.5) is 0 Å². The third kappa shape index (κ3) is 8.34. The van der Waals surface area contributed by atoms with Crippen LogP contribution in [-0.2, 0) is 32.9 Å². The summed E-state index contributed by atoms with van der Waals surface area (Å²) in [6, 6.07) is 44.6. The molecule has 6 heteroatoms. The van der Waals surface area contributed by atoms with Crippen molar-refractivity contribution in [2.45, 2.75) is 84.9 Å². The first kappa shape index (κ1) is 38.5. The number of hydrogen-bond acceptors (Lipinski definition) is 3. The van der Waals surface area contributed by atoms with Crippen LogP contribution < -0.4 is 5.19 Å². The van der Waals surface area contributed by atoms with Gasteiger partial charge in [0.2, 0.25) is 0 Å². The fourth-order valence-electron chi connectivity index (χ4n) is 8.65. The van der Waals surface area contributed by atoms with Gasteiger partial charge in [-0.25, -0.2) is 0 Å². The van der Waals surface area contributed by atoms with Gasteiger partial charge in [-0.2, -0.15) is 0 Å². The number of aromatic nitrogens is 3. The summed E-state index contributed by atoms with van der Waals surface area (Å²) in [6.07, 6.45) is 6.62. The van der Waals surface area contributed by atoms with Gasteiger partial charge in [-0.1, -0.05) is 113 Å². The largest absolute Gasteiger partial charge is 0.500 e. The Morgan fingerprint density at radius 3 is 2.18 bits per heavy atom. The van der Waals surface area contributed by atoms with Crippen molar-refractivity contribution in [3.05, 3.63) is 168 Å². The standard InChI is InChI=1S/C41H37N2O.C14H16NSi.Ir/c1-25(2)32-23-30(27-12-6-5-7-13-27)24-33(26(3)4)40(32)43-36-17-11-10-16-35(36)42-41(43)29-19-20-37-34(22-29)39-31-15-9-8-14-28(31)18-21-38(39)44-37;1-16(2,3)13-9-10-14(15-11-13)12-7-5-4-6-8-12;/h5-7,10-13,16-18,20-26H,8-9,14-15H2,1-4H3;4-7,9-11H,1-3H3;/q2*-1;/i;4D,5D,6D;. The van der Waals surface area contributed by atoms with Crippen molar-refractivity contribution in [3.8, 4) is 39.5 Å². The van der Waals surface area contributed by atoms with Gasteiger partial charge in [-0.15, -0.1) is 59.6 Å². The van der Waals surface area contributed by atoms with Crippen molar-refractivity contribution in [1.29, 1.82) is 0 Å². The van der Waals surface area contributed by atoms with E-state index in [0.29, 0.717) is 23.1 Å². The number of aryl methyl sites for hydroxylation is 2. The molecule has 3 heterocycles. The first-order valence-corrected chi connectivity index (χ1v) is 24.8. The van der Waals surface area contributed by atoms with Crippen LogP contribution in [0.15, 0.2) is 138 Å². The van der Waals surface area contributed by atoms with Crippen molar-refractivity contribution in [2.75, 3.05) is 0 Å². The smallest absolute Gasteiger partial charge is 0.121 e. The van der Waals surface area contributed by atoms with Gasteiger partial charge in [-0.3, -0.25) is 4.98 Å². The van der Waals surface area contributed by atoms with Gasteiger partial charge < -0.3 is 14.0 Å². The third-order valence-corrected chi connectivity index (χ3v) is 13.9. The summed E-state index contributed by atoms with van der Waals surface area (Å²) in [5.74, 6) is 1.55. The monoisotopic (exact) mass is 995 g/mol. The number of hydrogen-bond donors (Lipinski definition) is 0. The molecule has 1 aliphatic rings. The van der Waals surface area contributed by atoms with Crippen LogP contribution in [0.5, 0.6) is 0 Å². The van der Waals surface area contributed by atoms with Crippen LogP contribution in [0, 0.1) is 12.1 Å². The number of para-hydroxylation sites is 2. The van der Waals surface area contributed by atoms with Gasteiger partial charge in [-0.05, 0) is 113 Å². The topological polar surface area (TPSA) is 43.9 Å². The van der Waals surface area contributed by atoms with E-state index < -0.39 is 8.07 Å². The molecule has 9 aromatic rings. The molecule has 0 saturated heterocycles. The van der Waals surface area contributed by atoms with E-state index in [9.17, 15) is 0 Å². The zero-order chi connectivity index (χ0) is 44.2. The van der Waals surface area contributed by atoms with Gasteiger partial charge in [0.15, 0.2) is 0 Å². The Bertz CT molecular complexity index is 3100. The zero-order valence-corrected chi connectivity index (χ0v) is 39.4. The summed E-state index contributed by atoms with van der Waals surface area (Å²) >= 11 is 0. The van der Waals surface area contributed by atoms with Gasteiger partial charge in [0.05, 0.1) is 30.5 Å². The maximum absolute atomic E-state index is 7.64. The average Bonchev–Trinajstić information content (AvgIpc) is 3.86. The number of furan rings is 1. The summed E-state index contributed by atoms with van der Waals surface area (Å²) < 4.78 is 31.5. The fourth-order valence-corrected chi connectivity index (χ4v) is 9.69. The molecule has 10 rings (SSSR count). The van der Waals surface area contributed by atoms with Gasteiger partial charge >= 0.3 is 0 Å². The maximum atomic E-state index is 7.64. The quantitative estimate of drug-likeness (QED) is 0.118. The van der Waals surface area contributed by atoms with E-state index in [0.717, 1.165) is 46.4 Å². The van der Waals surface area contributed by atoms with Crippen LogP contribution in [-0.4, -0.2) is 22.6 Å². The minimum Gasteiger partial charge on any atom is -0.500 e. The molecule has 61 heavy (non-hydrogen) atoms. The van der Waals surface area contributed by atoms with E-state index in [1.165, 1.54) is 73.9 Å². The van der Waals surface area contributed by atoms with E-state index in [-0.39, 0.29) is 38.2 Å². The molecule has 4 nitrogen and oxygen atoms in total. The van der Waals surface area contributed by atoms with E-state index >= 15 is 0 Å². The van der Waals surface area contributed by atoms with E-state index in [2.05, 4.69) is 160 Å². The van der Waals surface area contributed by atoms with Crippen LogP contribution >= 0.6 is 0 Å². The molecule has 0 fully saturated rings. The first-order valence-electron chi connectivity index (χ1n) is 22.8. The minimum atomic E-state index is -1.36. The zero-order valence-electron chi connectivity index (χ0n) is 39.0. The second-order valence-electron chi connectivity index (χ2n) is 17.7. The number of rotatable bonds is 7. The predicted octanol–water partition coefficient (Wildman–Crippen LogP) is 14.3. The maximum Gasteiger partial charge on any atom is 0.121 e. The van der Waals surface area contributed by atoms with Crippen molar-refractivity contribution in [1.82, 2.24) is 14.5 Å². The normalized spacial score (nSPS) is 13.4. The SMILES string of the molecule is CC(C)c1cc(-c2ccccc2)cc(C(C)C)c1-n1c(-c2[c-]cc3oc4ccc5c(c4c3c2)CCCC5)nc2ccccc21.[2H]c1[c-]c(-c2ccc([Si](C)(C)C)cn2)cc([2H])c1[2H].[Ir]. The van der Waals surface area contributed by atoms with E-state index in [4.69, 9.17) is 13.5 Å². The summed E-state index contributed by atoms with van der Waals surface area (Å²) in [5, 5.41) is 3.71. The molecule has 0 N–H and O–H groups in total. The predicted molar refractivity (Wildman–Crippen MR) is 254 cm³/mol. The molecule has 0 amide bonds. The number of benzene rings is 6. The molecule has 309 valence electrons. The molecule has 0 saturated carbocycles. The molecular formula is C55H53IrN3OSi-2. The Hall–Kier alpha value is -5.39. The van der Waals surface area contributed by atoms with Gasteiger partial charge in [0.25, 0.3) is 0 Å². The Morgan fingerprint density at radius 1 is 0.738 bits per heavy atom. The van der Waals surface area contributed by atoms with Gasteiger partial charge in [0.1, 0.15) is 5.58 Å². The number of nitrogens with zero attached hydrogens (tertiary/aromatic N) is 3. The van der Waals surface area contributed by atoms with Gasteiger partial charge in [0, 0.05) is 40.1 Å². The summed E-state index contributed by atoms with van der Waals surface area (Å²) in [7, 11) is -1.36. The molecule has 0 atom stereocenters. The molecule has 0 spiro atoms. The first-order chi connectivity index (χ1) is 30.3. The van der Waals surface area contributed by atoms with E-state index in [1.807, 2.05) is 18.3 Å². The third-order valence-electron chi connectivity index (χ3n) is 11.9. The molecule has 6 aromatic carbocycles. The molecule has 0 unspecified atom stereocenters. The van der Waals surface area contributed by atoms with Crippen LogP contribution in [0.2, 0.25) is 19.6 Å². The number of pyridine rings is 1. The van der Waals surface area contributed by atoms with Crippen molar-refractivity contribution < 1.29 is 28.6 Å². The molecular weight excluding hydrogens is 939 g/mol. The van der Waals surface area contributed by atoms with E-state index in [1.54, 1.807) is 0 Å².